The zero-order chi connectivity index (χ0) is 37.7. The lowest BCUT2D eigenvalue weighted by Crippen LogP contribution is -2.31. The van der Waals surface area contributed by atoms with Gasteiger partial charge in [-0.15, -0.1) is 0 Å². The van der Waals surface area contributed by atoms with Crippen molar-refractivity contribution in [1.29, 1.82) is 0 Å². The summed E-state index contributed by atoms with van der Waals surface area (Å²) in [6.45, 7) is 0. The maximum atomic E-state index is 14.3. The molecule has 0 spiro atoms. The zero-order valence-electron chi connectivity index (χ0n) is 27.3. The molecule has 2 amide bonds. The Labute approximate surface area is 310 Å². The molecule has 6 aromatic rings. The first-order valence-electron chi connectivity index (χ1n) is 15.8. The van der Waals surface area contributed by atoms with Gasteiger partial charge in [-0.05, 0) is 71.8 Å². The van der Waals surface area contributed by atoms with E-state index in [-0.39, 0.29) is 22.0 Å². The van der Waals surface area contributed by atoms with Crippen molar-refractivity contribution in [2.24, 2.45) is 0 Å². The highest BCUT2D eigenvalue weighted by Crippen LogP contribution is 2.36. The zero-order valence-corrected chi connectivity index (χ0v) is 28.8. The van der Waals surface area contributed by atoms with Gasteiger partial charge in [-0.3, -0.25) is 14.4 Å². The molecule has 1 aromatic heterocycles. The van der Waals surface area contributed by atoms with Crippen LogP contribution in [-0.2, 0) is 11.0 Å². The minimum absolute atomic E-state index is 0.00886. The number of carboxylic acids is 1. The average Bonchev–Trinajstić information content (AvgIpc) is 3.60. The van der Waals surface area contributed by atoms with E-state index < -0.39 is 47.7 Å². The predicted molar refractivity (Wildman–Crippen MR) is 194 cm³/mol. The lowest BCUT2D eigenvalue weighted by Gasteiger charge is -2.20. The van der Waals surface area contributed by atoms with Crippen LogP contribution in [0.2, 0.25) is 10.0 Å². The highest BCUT2D eigenvalue weighted by molar-refractivity contribution is 6.31. The Bertz CT molecular complexity index is 2280. The molecule has 1 heterocycles. The van der Waals surface area contributed by atoms with Crippen LogP contribution < -0.4 is 15.4 Å². The number of benzene rings is 5. The van der Waals surface area contributed by atoms with Crippen molar-refractivity contribution in [3.05, 3.63) is 160 Å². The number of carbonyl (C=O) groups is 3. The number of amides is 2. The number of carboxylic acid groups (broad SMARTS) is 1. The van der Waals surface area contributed by atoms with E-state index in [1.54, 1.807) is 24.3 Å². The van der Waals surface area contributed by atoms with Gasteiger partial charge in [-0.2, -0.15) is 18.3 Å². The molecule has 1 unspecified atom stereocenters. The number of ether oxygens (including phenoxy) is 1. The van der Waals surface area contributed by atoms with E-state index >= 15 is 0 Å². The van der Waals surface area contributed by atoms with E-state index in [0.29, 0.717) is 26.8 Å². The molecule has 9 nitrogen and oxygen atoms in total. The molecular weight excluding hydrogens is 732 g/mol. The topological polar surface area (TPSA) is 123 Å². The summed E-state index contributed by atoms with van der Waals surface area (Å²) >= 11 is 12.1. The number of nitrogens with one attached hydrogen (secondary N) is 2. The molecule has 0 saturated heterocycles. The largest absolute Gasteiger partial charge is 0.481 e. The van der Waals surface area contributed by atoms with E-state index in [2.05, 4.69) is 15.7 Å². The van der Waals surface area contributed by atoms with E-state index in [4.69, 9.17) is 27.9 Å². The lowest BCUT2D eigenvalue weighted by atomic mass is 9.98. The fourth-order valence-corrected chi connectivity index (χ4v) is 5.83. The highest BCUT2D eigenvalue weighted by atomic mass is 35.5. The second-order valence-corrected chi connectivity index (χ2v) is 12.5. The number of nitrogens with zero attached hydrogens (tertiary/aromatic N) is 2. The van der Waals surface area contributed by atoms with Crippen molar-refractivity contribution in [1.82, 2.24) is 15.1 Å². The number of alkyl halides is 3. The maximum Gasteiger partial charge on any atom is 0.434 e. The molecule has 3 N–H and O–H groups in total. The Morgan fingerprint density at radius 3 is 2.13 bits per heavy atom. The van der Waals surface area contributed by atoms with Gasteiger partial charge in [0.05, 0.1) is 41.2 Å². The van der Waals surface area contributed by atoms with Gasteiger partial charge in [0.1, 0.15) is 11.5 Å². The van der Waals surface area contributed by atoms with Crippen LogP contribution in [0.15, 0.2) is 128 Å². The summed E-state index contributed by atoms with van der Waals surface area (Å²) in [4.78, 5) is 39.0. The number of anilines is 1. The Kier molecular flexibility index (Phi) is 10.8. The third-order valence-corrected chi connectivity index (χ3v) is 8.48. The summed E-state index contributed by atoms with van der Waals surface area (Å²) in [5.74, 6) is -2.02. The van der Waals surface area contributed by atoms with Gasteiger partial charge in [-0.25, -0.2) is 4.68 Å². The van der Waals surface area contributed by atoms with Crippen molar-refractivity contribution >= 4 is 46.7 Å². The molecule has 14 heteroatoms. The van der Waals surface area contributed by atoms with Crippen LogP contribution in [0.5, 0.6) is 11.5 Å². The number of para-hydroxylation sites is 2. The smallest absolute Gasteiger partial charge is 0.434 e. The third kappa shape index (κ3) is 8.68. The summed E-state index contributed by atoms with van der Waals surface area (Å²) in [6, 6.07) is 31.6. The van der Waals surface area contributed by atoms with E-state index in [9.17, 15) is 32.7 Å². The van der Waals surface area contributed by atoms with Crippen molar-refractivity contribution in [2.45, 2.75) is 18.6 Å². The monoisotopic (exact) mass is 758 g/mol. The number of aromatic nitrogens is 2. The lowest BCUT2D eigenvalue weighted by molar-refractivity contribution is -0.143. The Morgan fingerprint density at radius 1 is 0.792 bits per heavy atom. The molecule has 0 radical (unpaired) electrons. The summed E-state index contributed by atoms with van der Waals surface area (Å²) in [5.41, 5.74) is -0.568. The first-order valence-corrected chi connectivity index (χ1v) is 16.6. The quantitative estimate of drug-likeness (QED) is 0.121. The van der Waals surface area contributed by atoms with Crippen molar-refractivity contribution in [3.63, 3.8) is 0 Å². The number of carbonyl (C=O) groups excluding carboxylic acids is 2. The molecule has 5 aromatic carbocycles. The molecule has 0 fully saturated rings. The number of halogens is 5. The van der Waals surface area contributed by atoms with Gasteiger partial charge in [-0.1, -0.05) is 83.9 Å². The van der Waals surface area contributed by atoms with Gasteiger partial charge in [0.15, 0.2) is 5.69 Å². The minimum Gasteiger partial charge on any atom is -0.481 e. The van der Waals surface area contributed by atoms with Gasteiger partial charge in [0.2, 0.25) is 0 Å². The first kappa shape index (κ1) is 36.7. The fraction of sp³-hybridized carbons (Fsp3) is 0.0769. The van der Waals surface area contributed by atoms with Gasteiger partial charge >= 0.3 is 12.1 Å². The summed E-state index contributed by atoms with van der Waals surface area (Å²) in [5, 5.41) is 18.9. The SMILES string of the molecule is O=C(O)CC(NC(=O)c1cc(Cl)ccc1NC(=O)c1cnn(-c2ccc(Cl)cc2)c1C(F)(F)F)c1ccc(-c2ccccc2Oc2ccccc2)cc1. The molecule has 1 atom stereocenters. The molecule has 53 heavy (non-hydrogen) atoms. The molecule has 0 aliphatic rings. The summed E-state index contributed by atoms with van der Waals surface area (Å²) in [7, 11) is 0. The van der Waals surface area contributed by atoms with E-state index in [1.807, 2.05) is 54.6 Å². The summed E-state index contributed by atoms with van der Waals surface area (Å²) in [6.07, 6.45) is -4.75. The fourth-order valence-electron chi connectivity index (χ4n) is 5.54. The second kappa shape index (κ2) is 15.6. The summed E-state index contributed by atoms with van der Waals surface area (Å²) < 4.78 is 49.6. The first-order chi connectivity index (χ1) is 25.4. The molecule has 0 bridgehead atoms. The predicted octanol–water partition coefficient (Wildman–Crippen LogP) is 9.86. The van der Waals surface area contributed by atoms with Gasteiger partial charge in [0, 0.05) is 15.6 Å². The van der Waals surface area contributed by atoms with Crippen molar-refractivity contribution < 1.29 is 37.4 Å². The molecule has 0 aliphatic heterocycles. The van der Waals surface area contributed by atoms with Crippen LogP contribution in [0.4, 0.5) is 18.9 Å². The minimum atomic E-state index is -5.00. The van der Waals surface area contributed by atoms with Crippen molar-refractivity contribution in [2.75, 3.05) is 5.32 Å². The van der Waals surface area contributed by atoms with E-state index in [1.165, 1.54) is 42.5 Å². The van der Waals surface area contributed by atoms with Crippen LogP contribution in [0.25, 0.3) is 16.8 Å². The Morgan fingerprint density at radius 2 is 1.45 bits per heavy atom. The Balaban J connectivity index is 1.25. The number of hydrogen-bond acceptors (Lipinski definition) is 5. The highest BCUT2D eigenvalue weighted by Gasteiger charge is 2.41. The van der Waals surface area contributed by atoms with E-state index in [0.717, 1.165) is 17.3 Å². The third-order valence-electron chi connectivity index (χ3n) is 7.99. The van der Waals surface area contributed by atoms with Crippen LogP contribution in [0.3, 0.4) is 0 Å². The molecule has 6 rings (SSSR count). The standard InChI is InChI=1S/C39H27Cl2F3N4O5/c40-25-14-17-27(18-15-25)48-36(39(42,43)44)31(22-45-48)38(52)46-32-19-16-26(41)20-30(32)37(51)47-33(21-35(49)50)24-12-10-23(11-13-24)29-8-4-5-9-34(29)53-28-6-2-1-3-7-28/h1-20,22,33H,21H2,(H,46,52)(H,47,51)(H,49,50). The molecular formula is C39H27Cl2F3N4O5. The number of rotatable bonds is 11. The second-order valence-electron chi connectivity index (χ2n) is 11.6. The van der Waals surface area contributed by atoms with Crippen LogP contribution in [0.1, 0.15) is 44.4 Å². The van der Waals surface area contributed by atoms with Crippen LogP contribution in [-0.4, -0.2) is 32.7 Å². The maximum absolute atomic E-state index is 14.3. The van der Waals surface area contributed by atoms with Crippen LogP contribution in [0, 0.1) is 0 Å². The van der Waals surface area contributed by atoms with Crippen molar-refractivity contribution in [3.8, 4) is 28.3 Å². The molecule has 268 valence electrons. The Hall–Kier alpha value is -6.11. The van der Waals surface area contributed by atoms with Gasteiger partial charge in [0.25, 0.3) is 11.8 Å². The normalized spacial score (nSPS) is 11.8. The molecule has 0 saturated carbocycles. The number of hydrogen-bond donors (Lipinski definition) is 3. The van der Waals surface area contributed by atoms with Crippen LogP contribution >= 0.6 is 23.2 Å². The average molecular weight is 760 g/mol. The molecule has 0 aliphatic carbocycles. The van der Waals surface area contributed by atoms with Gasteiger partial charge < -0.3 is 20.5 Å². The number of aliphatic carboxylic acids is 1.